The molecule has 2 rings (SSSR count). The van der Waals surface area contributed by atoms with E-state index in [1.807, 2.05) is 6.07 Å². The second kappa shape index (κ2) is 5.77. The molecule has 0 aliphatic carbocycles. The van der Waals surface area contributed by atoms with Gasteiger partial charge in [0.25, 0.3) is 10.1 Å². The molecule has 1 aromatic rings. The summed E-state index contributed by atoms with van der Waals surface area (Å²) in [4.78, 5) is 0. The van der Waals surface area contributed by atoms with Crippen LogP contribution >= 0.6 is 0 Å². The fourth-order valence-electron chi connectivity index (χ4n) is 1.86. The highest BCUT2D eigenvalue weighted by molar-refractivity contribution is 7.85. The smallest absolute Gasteiger partial charge is 0.264 e. The molecular formula is C12H16O6S. The first-order valence-electron chi connectivity index (χ1n) is 5.96. The molecule has 19 heavy (non-hydrogen) atoms. The largest absolute Gasteiger partial charge is 0.486 e. The summed E-state index contributed by atoms with van der Waals surface area (Å²) in [5, 5.41) is 9.02. The van der Waals surface area contributed by atoms with Gasteiger partial charge in [0, 0.05) is 0 Å². The molecule has 1 aliphatic rings. The molecule has 2 N–H and O–H groups in total. The summed E-state index contributed by atoms with van der Waals surface area (Å²) in [6.07, 6.45) is 0.475. The number of benzene rings is 1. The fraction of sp³-hybridized carbons (Fsp3) is 0.500. The molecule has 0 saturated heterocycles. The summed E-state index contributed by atoms with van der Waals surface area (Å²) in [6.45, 7) is 0.192. The van der Waals surface area contributed by atoms with Gasteiger partial charge in [0.05, 0.1) is 12.4 Å². The van der Waals surface area contributed by atoms with Gasteiger partial charge in [0.15, 0.2) is 17.6 Å². The van der Waals surface area contributed by atoms with Crippen molar-refractivity contribution in [3.63, 3.8) is 0 Å². The third-order valence-corrected chi connectivity index (χ3v) is 3.60. The topological polar surface area (TPSA) is 93.1 Å². The third-order valence-electron chi connectivity index (χ3n) is 2.80. The van der Waals surface area contributed by atoms with E-state index in [-0.39, 0.29) is 18.5 Å². The highest BCUT2D eigenvalue weighted by Gasteiger charge is 2.20. The van der Waals surface area contributed by atoms with Crippen molar-refractivity contribution in [1.82, 2.24) is 0 Å². The Morgan fingerprint density at radius 1 is 1.32 bits per heavy atom. The highest BCUT2D eigenvalue weighted by Crippen LogP contribution is 2.32. The Kier molecular flexibility index (Phi) is 4.28. The SMILES string of the molecule is O=S(=O)(O)CCCc1ccc2c(c1)O[C@H](CO)CO2. The van der Waals surface area contributed by atoms with E-state index in [0.717, 1.165) is 5.56 Å². The lowest BCUT2D eigenvalue weighted by Crippen LogP contribution is -2.32. The van der Waals surface area contributed by atoms with Crippen LogP contribution in [0.1, 0.15) is 12.0 Å². The number of hydrogen-bond donors (Lipinski definition) is 2. The van der Waals surface area contributed by atoms with Gasteiger partial charge < -0.3 is 14.6 Å². The number of rotatable bonds is 5. The maximum absolute atomic E-state index is 10.6. The Hall–Kier alpha value is -1.31. The molecule has 7 heteroatoms. The number of aryl methyl sites for hydroxylation is 1. The van der Waals surface area contributed by atoms with Crippen LogP contribution in [0.25, 0.3) is 0 Å². The van der Waals surface area contributed by atoms with Crippen molar-refractivity contribution < 1.29 is 27.6 Å². The van der Waals surface area contributed by atoms with Gasteiger partial charge in [-0.15, -0.1) is 0 Å². The van der Waals surface area contributed by atoms with E-state index in [9.17, 15) is 8.42 Å². The van der Waals surface area contributed by atoms with Crippen LogP contribution in [0.3, 0.4) is 0 Å². The van der Waals surface area contributed by atoms with Crippen molar-refractivity contribution in [2.45, 2.75) is 18.9 Å². The molecule has 1 heterocycles. The van der Waals surface area contributed by atoms with E-state index in [2.05, 4.69) is 0 Å². The van der Waals surface area contributed by atoms with Gasteiger partial charge in [-0.25, -0.2) is 0 Å². The molecule has 0 unspecified atom stereocenters. The van der Waals surface area contributed by atoms with Crippen molar-refractivity contribution >= 4 is 10.1 Å². The van der Waals surface area contributed by atoms with Gasteiger partial charge in [-0.2, -0.15) is 8.42 Å². The first kappa shape index (κ1) is 14.1. The van der Waals surface area contributed by atoms with E-state index in [1.54, 1.807) is 12.1 Å². The minimum atomic E-state index is -3.91. The lowest BCUT2D eigenvalue weighted by atomic mass is 10.1. The van der Waals surface area contributed by atoms with E-state index >= 15 is 0 Å². The van der Waals surface area contributed by atoms with Crippen LogP contribution in [0.4, 0.5) is 0 Å². The van der Waals surface area contributed by atoms with Gasteiger partial charge in [-0.1, -0.05) is 6.07 Å². The van der Waals surface area contributed by atoms with Crippen LogP contribution in [0.5, 0.6) is 11.5 Å². The van der Waals surface area contributed by atoms with Crippen molar-refractivity contribution in [2.75, 3.05) is 19.0 Å². The number of ether oxygens (including phenoxy) is 2. The summed E-state index contributed by atoms with van der Waals surface area (Å²) >= 11 is 0. The molecule has 0 saturated carbocycles. The van der Waals surface area contributed by atoms with E-state index in [0.29, 0.717) is 30.9 Å². The maximum atomic E-state index is 10.6. The molecule has 1 aliphatic heterocycles. The summed E-state index contributed by atoms with van der Waals surface area (Å²) < 4.78 is 40.8. The highest BCUT2D eigenvalue weighted by atomic mass is 32.2. The molecule has 0 amide bonds. The number of hydrogen-bond acceptors (Lipinski definition) is 5. The van der Waals surface area contributed by atoms with Crippen LogP contribution in [0.2, 0.25) is 0 Å². The van der Waals surface area contributed by atoms with E-state index in [1.165, 1.54) is 0 Å². The minimum Gasteiger partial charge on any atom is -0.486 e. The summed E-state index contributed by atoms with van der Waals surface area (Å²) in [7, 11) is -3.91. The molecule has 106 valence electrons. The third kappa shape index (κ3) is 4.09. The predicted molar refractivity (Wildman–Crippen MR) is 68.2 cm³/mol. The summed E-state index contributed by atoms with van der Waals surface area (Å²) in [5.74, 6) is 0.902. The first-order chi connectivity index (χ1) is 8.98. The lowest BCUT2D eigenvalue weighted by molar-refractivity contribution is 0.0455. The summed E-state index contributed by atoms with van der Waals surface area (Å²) in [5.41, 5.74) is 0.893. The Labute approximate surface area is 111 Å². The Bertz CT molecular complexity index is 539. The van der Waals surface area contributed by atoms with Crippen LogP contribution in [-0.2, 0) is 16.5 Å². The Balaban J connectivity index is 2.00. The van der Waals surface area contributed by atoms with Gasteiger partial charge in [-0.3, -0.25) is 4.55 Å². The van der Waals surface area contributed by atoms with Gasteiger partial charge in [0.1, 0.15) is 6.61 Å². The van der Waals surface area contributed by atoms with Crippen LogP contribution in [0, 0.1) is 0 Å². The summed E-state index contributed by atoms with van der Waals surface area (Å²) in [6, 6.07) is 5.35. The zero-order chi connectivity index (χ0) is 13.9. The quantitative estimate of drug-likeness (QED) is 0.772. The zero-order valence-corrected chi connectivity index (χ0v) is 11.1. The average molecular weight is 288 g/mol. The van der Waals surface area contributed by atoms with Gasteiger partial charge >= 0.3 is 0 Å². The fourth-order valence-corrected chi connectivity index (χ4v) is 2.37. The average Bonchev–Trinajstić information content (AvgIpc) is 2.36. The van der Waals surface area contributed by atoms with Crippen LogP contribution < -0.4 is 9.47 Å². The van der Waals surface area contributed by atoms with Crippen LogP contribution in [-0.4, -0.2) is 43.1 Å². The number of aliphatic hydroxyl groups excluding tert-OH is 1. The van der Waals surface area contributed by atoms with E-state index in [4.69, 9.17) is 19.1 Å². The molecule has 6 nitrogen and oxygen atoms in total. The Morgan fingerprint density at radius 3 is 2.79 bits per heavy atom. The van der Waals surface area contributed by atoms with Crippen molar-refractivity contribution in [1.29, 1.82) is 0 Å². The second-order valence-corrected chi connectivity index (χ2v) is 5.98. The first-order valence-corrected chi connectivity index (χ1v) is 7.57. The number of aliphatic hydroxyl groups is 1. The standard InChI is InChI=1S/C12H16O6S/c13-7-10-8-17-11-4-3-9(6-12(11)18-10)2-1-5-19(14,15)16/h3-4,6,10,13H,1-2,5,7-8H2,(H,14,15,16)/t10-/m1/s1. The predicted octanol–water partition coefficient (Wildman–Crippen LogP) is 0.639. The monoisotopic (exact) mass is 288 g/mol. The second-order valence-electron chi connectivity index (χ2n) is 4.40. The molecule has 0 bridgehead atoms. The van der Waals surface area contributed by atoms with Gasteiger partial charge in [-0.05, 0) is 30.5 Å². The zero-order valence-electron chi connectivity index (χ0n) is 10.3. The maximum Gasteiger partial charge on any atom is 0.264 e. The van der Waals surface area contributed by atoms with E-state index < -0.39 is 10.1 Å². The molecule has 0 aromatic heterocycles. The minimum absolute atomic E-state index is 0.119. The van der Waals surface area contributed by atoms with Crippen molar-refractivity contribution in [2.24, 2.45) is 0 Å². The normalized spacial score (nSPS) is 18.3. The number of fused-ring (bicyclic) bond motifs is 1. The van der Waals surface area contributed by atoms with Gasteiger partial charge in [0.2, 0.25) is 0 Å². The molecule has 1 aromatic carbocycles. The molecular weight excluding hydrogens is 272 g/mol. The van der Waals surface area contributed by atoms with Crippen molar-refractivity contribution in [3.05, 3.63) is 23.8 Å². The molecule has 0 spiro atoms. The molecule has 0 fully saturated rings. The Morgan fingerprint density at radius 2 is 2.11 bits per heavy atom. The van der Waals surface area contributed by atoms with Crippen molar-refractivity contribution in [3.8, 4) is 11.5 Å². The van der Waals surface area contributed by atoms with Crippen LogP contribution in [0.15, 0.2) is 18.2 Å². The molecule has 1 atom stereocenters. The lowest BCUT2D eigenvalue weighted by Gasteiger charge is -2.25. The molecule has 0 radical (unpaired) electrons.